The second-order valence-corrected chi connectivity index (χ2v) is 6.11. The molecule has 1 aromatic carbocycles. The second-order valence-electron chi connectivity index (χ2n) is 6.11. The minimum Gasteiger partial charge on any atom is -0.496 e. The van der Waals surface area contributed by atoms with Gasteiger partial charge in [0.2, 0.25) is 5.91 Å². The summed E-state index contributed by atoms with van der Waals surface area (Å²) in [5.41, 5.74) is 1.51. The van der Waals surface area contributed by atoms with Gasteiger partial charge in [-0.2, -0.15) is 0 Å². The van der Waals surface area contributed by atoms with Crippen LogP contribution in [0.15, 0.2) is 45.4 Å². The Hall–Kier alpha value is -3.55. The molecule has 0 unspecified atom stereocenters. The highest BCUT2D eigenvalue weighted by Crippen LogP contribution is 2.23. The summed E-state index contributed by atoms with van der Waals surface area (Å²) in [6, 6.07) is 8.13. The molecule has 0 atom stereocenters. The first-order chi connectivity index (χ1) is 13.5. The van der Waals surface area contributed by atoms with Crippen LogP contribution in [0.2, 0.25) is 0 Å². The Morgan fingerprint density at radius 2 is 2.11 bits per heavy atom. The van der Waals surface area contributed by atoms with Crippen molar-refractivity contribution in [2.75, 3.05) is 13.7 Å². The molecule has 3 rings (SSSR count). The Labute approximate surface area is 161 Å². The van der Waals surface area contributed by atoms with Gasteiger partial charge in [-0.15, -0.1) is 0 Å². The number of amides is 1. The van der Waals surface area contributed by atoms with Crippen LogP contribution < -0.4 is 10.1 Å². The number of oxazole rings is 1. The maximum atomic E-state index is 12.2. The summed E-state index contributed by atoms with van der Waals surface area (Å²) in [5.74, 6) is 0.677. The third-order valence-corrected chi connectivity index (χ3v) is 4.20. The van der Waals surface area contributed by atoms with Crippen LogP contribution in [0.25, 0.3) is 11.7 Å². The zero-order valence-electron chi connectivity index (χ0n) is 15.5. The summed E-state index contributed by atoms with van der Waals surface area (Å²) in [4.78, 5) is 27.6. The van der Waals surface area contributed by atoms with E-state index in [-0.39, 0.29) is 17.9 Å². The molecule has 0 bridgehead atoms. The molecule has 2 heterocycles. The lowest BCUT2D eigenvalue weighted by molar-refractivity contribution is -0.120. The number of aryl methyl sites for hydroxylation is 1. The van der Waals surface area contributed by atoms with E-state index in [2.05, 4.69) is 10.3 Å². The van der Waals surface area contributed by atoms with Gasteiger partial charge in [-0.3, -0.25) is 4.79 Å². The first-order valence-electron chi connectivity index (χ1n) is 8.65. The number of benzene rings is 1. The number of carboxylic acids is 1. The average molecular weight is 384 g/mol. The number of furan rings is 1. The van der Waals surface area contributed by atoms with Gasteiger partial charge < -0.3 is 24.0 Å². The fourth-order valence-corrected chi connectivity index (χ4v) is 2.73. The molecule has 8 heteroatoms. The van der Waals surface area contributed by atoms with E-state index in [1.165, 1.54) is 25.5 Å². The number of nitrogens with one attached hydrogen (secondary N) is 1. The molecule has 2 aromatic heterocycles. The summed E-state index contributed by atoms with van der Waals surface area (Å²) in [7, 11) is 1.48. The van der Waals surface area contributed by atoms with E-state index in [0.29, 0.717) is 41.8 Å². The predicted molar refractivity (Wildman–Crippen MR) is 99.3 cm³/mol. The van der Waals surface area contributed by atoms with Crippen LogP contribution in [0, 0.1) is 6.92 Å². The van der Waals surface area contributed by atoms with Crippen LogP contribution in [-0.2, 0) is 17.6 Å². The lowest BCUT2D eigenvalue weighted by Crippen LogP contribution is -2.27. The van der Waals surface area contributed by atoms with Gasteiger partial charge in [0, 0.05) is 6.54 Å². The fourth-order valence-electron chi connectivity index (χ4n) is 2.73. The molecule has 28 heavy (non-hydrogen) atoms. The molecule has 0 aliphatic rings. The van der Waals surface area contributed by atoms with Gasteiger partial charge in [0.1, 0.15) is 11.5 Å². The molecule has 0 spiro atoms. The molecular formula is C20H20N2O6. The molecule has 146 valence electrons. The number of nitrogens with zero attached hydrogens (tertiary/aromatic N) is 1. The first kappa shape index (κ1) is 19.2. The number of hydrogen-bond acceptors (Lipinski definition) is 6. The third-order valence-electron chi connectivity index (χ3n) is 4.20. The normalized spacial score (nSPS) is 10.6. The van der Waals surface area contributed by atoms with E-state index in [0.717, 1.165) is 5.56 Å². The maximum absolute atomic E-state index is 12.2. The topological polar surface area (TPSA) is 115 Å². The highest BCUT2D eigenvalue weighted by atomic mass is 16.5. The summed E-state index contributed by atoms with van der Waals surface area (Å²) < 4.78 is 16.0. The lowest BCUT2D eigenvalue weighted by Gasteiger charge is -2.10. The van der Waals surface area contributed by atoms with E-state index in [4.69, 9.17) is 18.7 Å². The van der Waals surface area contributed by atoms with Crippen molar-refractivity contribution in [3.63, 3.8) is 0 Å². The van der Waals surface area contributed by atoms with Gasteiger partial charge in [-0.1, -0.05) is 6.07 Å². The van der Waals surface area contributed by atoms with E-state index >= 15 is 0 Å². The Kier molecular flexibility index (Phi) is 5.78. The molecule has 3 aromatic rings. The quantitative estimate of drug-likeness (QED) is 0.613. The number of carbonyl (C=O) groups is 2. The van der Waals surface area contributed by atoms with Crippen molar-refractivity contribution < 1.29 is 28.3 Å². The number of aromatic carboxylic acids is 1. The predicted octanol–water partition coefficient (Wildman–Crippen LogP) is 2.85. The van der Waals surface area contributed by atoms with E-state index in [9.17, 15) is 9.59 Å². The van der Waals surface area contributed by atoms with Gasteiger partial charge in [-0.05, 0) is 43.2 Å². The number of aromatic nitrogens is 1. The highest BCUT2D eigenvalue weighted by Gasteiger charge is 2.16. The molecule has 0 aliphatic heterocycles. The van der Waals surface area contributed by atoms with Gasteiger partial charge >= 0.3 is 5.97 Å². The maximum Gasteiger partial charge on any atom is 0.335 e. The standard InChI is InChI=1S/C20H20N2O6/c1-12-15(22-19(28-12)16-4-3-9-27-16)11-18(23)21-8-7-13-5-6-14(20(24)25)10-17(13)26-2/h3-6,9-10H,7-8,11H2,1-2H3,(H,21,23)(H,24,25). The van der Waals surface area contributed by atoms with Gasteiger partial charge in [0.25, 0.3) is 5.89 Å². The monoisotopic (exact) mass is 384 g/mol. The summed E-state index contributed by atoms with van der Waals surface area (Å²) in [5, 5.41) is 11.9. The van der Waals surface area contributed by atoms with Crippen LogP contribution in [-0.4, -0.2) is 35.6 Å². The van der Waals surface area contributed by atoms with Crippen LogP contribution in [0.5, 0.6) is 5.75 Å². The van der Waals surface area contributed by atoms with Gasteiger partial charge in [0.15, 0.2) is 5.76 Å². The molecule has 0 saturated heterocycles. The zero-order chi connectivity index (χ0) is 20.1. The number of hydrogen-bond donors (Lipinski definition) is 2. The Balaban J connectivity index is 1.56. The molecule has 0 fully saturated rings. The van der Waals surface area contributed by atoms with E-state index < -0.39 is 5.97 Å². The summed E-state index contributed by atoms with van der Waals surface area (Å²) >= 11 is 0. The molecule has 2 N–H and O–H groups in total. The fraction of sp³-hybridized carbons (Fsp3) is 0.250. The lowest BCUT2D eigenvalue weighted by atomic mass is 10.1. The number of carboxylic acid groups (broad SMARTS) is 1. The summed E-state index contributed by atoms with van der Waals surface area (Å²) in [6.45, 7) is 2.13. The van der Waals surface area contributed by atoms with Gasteiger partial charge in [0.05, 0.1) is 31.1 Å². The highest BCUT2D eigenvalue weighted by molar-refractivity contribution is 5.88. The van der Waals surface area contributed by atoms with Crippen molar-refractivity contribution in [3.05, 3.63) is 59.2 Å². The minimum absolute atomic E-state index is 0.0884. The third kappa shape index (κ3) is 4.40. The van der Waals surface area contributed by atoms with Crippen molar-refractivity contribution in [1.82, 2.24) is 10.3 Å². The molecule has 0 radical (unpaired) electrons. The molecule has 1 amide bonds. The van der Waals surface area contributed by atoms with Crippen molar-refractivity contribution >= 4 is 11.9 Å². The SMILES string of the molecule is COc1cc(C(=O)O)ccc1CCNC(=O)Cc1nc(-c2ccco2)oc1C. The number of methoxy groups -OCH3 is 1. The minimum atomic E-state index is -1.02. The van der Waals surface area contributed by atoms with Crippen molar-refractivity contribution in [2.24, 2.45) is 0 Å². The molecular weight excluding hydrogens is 364 g/mol. The number of carbonyl (C=O) groups excluding carboxylic acids is 1. The molecule has 0 aliphatic carbocycles. The Bertz CT molecular complexity index is 975. The Morgan fingerprint density at radius 3 is 2.79 bits per heavy atom. The number of rotatable bonds is 8. The first-order valence-corrected chi connectivity index (χ1v) is 8.65. The van der Waals surface area contributed by atoms with Crippen LogP contribution in [0.1, 0.15) is 27.4 Å². The smallest absolute Gasteiger partial charge is 0.335 e. The van der Waals surface area contributed by atoms with Crippen molar-refractivity contribution in [2.45, 2.75) is 19.8 Å². The molecule has 0 saturated carbocycles. The number of ether oxygens (including phenoxy) is 1. The zero-order valence-corrected chi connectivity index (χ0v) is 15.5. The van der Waals surface area contributed by atoms with E-state index in [1.807, 2.05) is 0 Å². The van der Waals surface area contributed by atoms with Crippen molar-refractivity contribution in [3.8, 4) is 17.4 Å². The molecule has 8 nitrogen and oxygen atoms in total. The Morgan fingerprint density at radius 1 is 1.29 bits per heavy atom. The summed E-state index contributed by atoms with van der Waals surface area (Å²) in [6.07, 6.45) is 2.12. The van der Waals surface area contributed by atoms with E-state index in [1.54, 1.807) is 25.1 Å². The van der Waals surface area contributed by atoms with Gasteiger partial charge in [-0.25, -0.2) is 9.78 Å². The van der Waals surface area contributed by atoms with Crippen molar-refractivity contribution in [1.29, 1.82) is 0 Å². The second kappa shape index (κ2) is 8.43. The largest absolute Gasteiger partial charge is 0.496 e. The average Bonchev–Trinajstić information content (AvgIpc) is 3.32. The van der Waals surface area contributed by atoms with Crippen LogP contribution >= 0.6 is 0 Å². The van der Waals surface area contributed by atoms with Crippen LogP contribution in [0.4, 0.5) is 0 Å². The van der Waals surface area contributed by atoms with Crippen LogP contribution in [0.3, 0.4) is 0 Å².